The van der Waals surface area contributed by atoms with Gasteiger partial charge in [-0.05, 0) is 36.4 Å². The molecule has 22 heavy (non-hydrogen) atoms. The number of nitrogens with one attached hydrogen (secondary N) is 1. The molecule has 3 N–H and O–H groups in total. The van der Waals surface area contributed by atoms with Crippen molar-refractivity contribution >= 4 is 33.2 Å². The fourth-order valence-corrected chi connectivity index (χ4v) is 2.54. The summed E-state index contributed by atoms with van der Waals surface area (Å²) < 4.78 is 27.7. The minimum absolute atomic E-state index is 0.0941. The lowest BCUT2D eigenvalue weighted by atomic mass is 10.2. The first-order valence-corrected chi connectivity index (χ1v) is 8.01. The Morgan fingerprint density at radius 1 is 1.23 bits per heavy atom. The maximum Gasteiger partial charge on any atom is 0.259 e. The molecule has 0 aliphatic heterocycles. The summed E-state index contributed by atoms with van der Waals surface area (Å²) >= 11 is 5.87. The molecule has 0 saturated carbocycles. The molecule has 0 bridgehead atoms. The van der Waals surface area contributed by atoms with Gasteiger partial charge < -0.3 is 10.1 Å². The van der Waals surface area contributed by atoms with Crippen LogP contribution in [0.15, 0.2) is 47.4 Å². The Labute approximate surface area is 132 Å². The number of rotatable bonds is 4. The van der Waals surface area contributed by atoms with Gasteiger partial charge in [0.05, 0.1) is 17.6 Å². The number of halogens is 1. The van der Waals surface area contributed by atoms with Gasteiger partial charge in [0.1, 0.15) is 5.75 Å². The van der Waals surface area contributed by atoms with Crippen LogP contribution in [-0.4, -0.2) is 21.4 Å². The zero-order valence-corrected chi connectivity index (χ0v) is 13.1. The smallest absolute Gasteiger partial charge is 0.259 e. The Morgan fingerprint density at radius 2 is 1.95 bits per heavy atom. The Bertz CT molecular complexity index is 821. The first-order valence-electron chi connectivity index (χ1n) is 6.09. The van der Waals surface area contributed by atoms with Gasteiger partial charge in [0.2, 0.25) is 10.0 Å². The fourth-order valence-electron chi connectivity index (χ4n) is 1.81. The second kappa shape index (κ2) is 6.35. The van der Waals surface area contributed by atoms with E-state index in [1.54, 1.807) is 18.2 Å². The number of primary sulfonamides is 1. The van der Waals surface area contributed by atoms with Crippen molar-refractivity contribution in [3.8, 4) is 5.75 Å². The van der Waals surface area contributed by atoms with Crippen LogP contribution in [-0.2, 0) is 10.0 Å². The van der Waals surface area contributed by atoms with E-state index in [9.17, 15) is 13.2 Å². The molecule has 116 valence electrons. The molecule has 2 aromatic rings. The van der Waals surface area contributed by atoms with E-state index in [0.29, 0.717) is 16.5 Å². The minimum atomic E-state index is -3.84. The molecular weight excluding hydrogens is 328 g/mol. The molecule has 0 fully saturated rings. The molecule has 8 heteroatoms. The molecule has 2 aromatic carbocycles. The third-order valence-electron chi connectivity index (χ3n) is 2.83. The first kappa shape index (κ1) is 16.3. The van der Waals surface area contributed by atoms with Gasteiger partial charge in [-0.3, -0.25) is 4.79 Å². The van der Waals surface area contributed by atoms with Crippen molar-refractivity contribution in [2.75, 3.05) is 12.4 Å². The van der Waals surface area contributed by atoms with Crippen molar-refractivity contribution in [3.63, 3.8) is 0 Å². The number of anilines is 1. The van der Waals surface area contributed by atoms with E-state index in [4.69, 9.17) is 21.5 Å². The lowest BCUT2D eigenvalue weighted by Gasteiger charge is -2.10. The van der Waals surface area contributed by atoms with Gasteiger partial charge >= 0.3 is 0 Å². The summed E-state index contributed by atoms with van der Waals surface area (Å²) in [6.45, 7) is 0. The summed E-state index contributed by atoms with van der Waals surface area (Å²) in [5.74, 6) is -0.129. The van der Waals surface area contributed by atoms with Gasteiger partial charge in [0.25, 0.3) is 5.91 Å². The molecule has 0 saturated heterocycles. The third-order valence-corrected chi connectivity index (χ3v) is 3.97. The van der Waals surface area contributed by atoms with Crippen LogP contribution < -0.4 is 15.2 Å². The number of ether oxygens (including phenoxy) is 1. The Balaban J connectivity index is 2.32. The van der Waals surface area contributed by atoms with Crippen molar-refractivity contribution in [2.24, 2.45) is 5.14 Å². The highest BCUT2D eigenvalue weighted by Crippen LogP contribution is 2.24. The Hall–Kier alpha value is -2.09. The van der Waals surface area contributed by atoms with Crippen molar-refractivity contribution in [1.29, 1.82) is 0 Å². The van der Waals surface area contributed by atoms with Crippen LogP contribution >= 0.6 is 11.6 Å². The average molecular weight is 341 g/mol. The van der Waals surface area contributed by atoms with E-state index in [0.717, 1.165) is 0 Å². The number of carbonyl (C=O) groups is 1. The Kier molecular flexibility index (Phi) is 4.70. The number of amides is 1. The van der Waals surface area contributed by atoms with Gasteiger partial charge in [0.15, 0.2) is 0 Å². The van der Waals surface area contributed by atoms with Crippen molar-refractivity contribution < 1.29 is 17.9 Å². The SMILES string of the molecule is COc1ccc(Cl)cc1C(=O)Nc1cccc(S(N)(=O)=O)c1. The lowest BCUT2D eigenvalue weighted by Crippen LogP contribution is -2.15. The van der Waals surface area contributed by atoms with Crippen LogP contribution in [0.2, 0.25) is 5.02 Å². The number of hydrogen-bond acceptors (Lipinski definition) is 4. The van der Waals surface area contributed by atoms with Gasteiger partial charge in [-0.25, -0.2) is 13.6 Å². The van der Waals surface area contributed by atoms with Crippen LogP contribution in [0.1, 0.15) is 10.4 Å². The topological polar surface area (TPSA) is 98.5 Å². The van der Waals surface area contributed by atoms with Crippen LogP contribution in [0.25, 0.3) is 0 Å². The predicted molar refractivity (Wildman–Crippen MR) is 83.8 cm³/mol. The summed E-state index contributed by atoms with van der Waals surface area (Å²) in [5, 5.41) is 8.01. The van der Waals surface area contributed by atoms with Crippen molar-refractivity contribution in [3.05, 3.63) is 53.1 Å². The van der Waals surface area contributed by atoms with Crippen molar-refractivity contribution in [1.82, 2.24) is 0 Å². The van der Waals surface area contributed by atoms with Gasteiger partial charge in [-0.2, -0.15) is 0 Å². The summed E-state index contributed by atoms with van der Waals surface area (Å²) in [6, 6.07) is 10.2. The summed E-state index contributed by atoms with van der Waals surface area (Å²) in [6.07, 6.45) is 0. The molecule has 0 atom stereocenters. The molecule has 0 heterocycles. The standard InChI is InChI=1S/C14H13ClN2O4S/c1-21-13-6-5-9(15)7-12(13)14(18)17-10-3-2-4-11(8-10)22(16,19)20/h2-8H,1H3,(H,17,18)(H2,16,19,20). The Morgan fingerprint density at radius 3 is 2.59 bits per heavy atom. The molecule has 1 amide bonds. The zero-order chi connectivity index (χ0) is 16.3. The predicted octanol–water partition coefficient (Wildman–Crippen LogP) is 2.25. The van der Waals surface area contributed by atoms with E-state index in [-0.39, 0.29) is 10.5 Å². The van der Waals surface area contributed by atoms with E-state index in [1.807, 2.05) is 0 Å². The van der Waals surface area contributed by atoms with Gasteiger partial charge in [-0.15, -0.1) is 0 Å². The minimum Gasteiger partial charge on any atom is -0.496 e. The molecule has 0 aliphatic rings. The molecule has 0 aliphatic carbocycles. The highest BCUT2D eigenvalue weighted by Gasteiger charge is 2.14. The largest absolute Gasteiger partial charge is 0.496 e. The van der Waals surface area contributed by atoms with E-state index in [2.05, 4.69) is 5.32 Å². The van der Waals surface area contributed by atoms with Crippen LogP contribution in [0, 0.1) is 0 Å². The number of hydrogen-bond donors (Lipinski definition) is 2. The highest BCUT2D eigenvalue weighted by atomic mass is 35.5. The highest BCUT2D eigenvalue weighted by molar-refractivity contribution is 7.89. The molecule has 0 radical (unpaired) electrons. The zero-order valence-electron chi connectivity index (χ0n) is 11.5. The maximum atomic E-state index is 12.3. The normalized spacial score (nSPS) is 11.0. The number of carbonyl (C=O) groups excluding carboxylic acids is 1. The molecule has 0 aromatic heterocycles. The van der Waals surface area contributed by atoms with Crippen LogP contribution in [0.5, 0.6) is 5.75 Å². The number of benzene rings is 2. The van der Waals surface area contributed by atoms with Gasteiger partial charge in [-0.1, -0.05) is 17.7 Å². The average Bonchev–Trinajstić information content (AvgIpc) is 2.46. The molecule has 6 nitrogen and oxygen atoms in total. The lowest BCUT2D eigenvalue weighted by molar-refractivity contribution is 0.102. The third kappa shape index (κ3) is 3.76. The summed E-state index contributed by atoms with van der Waals surface area (Å²) in [5.41, 5.74) is 0.523. The number of methoxy groups -OCH3 is 1. The monoisotopic (exact) mass is 340 g/mol. The molecular formula is C14H13ClN2O4S. The second-order valence-corrected chi connectivity index (χ2v) is 6.37. The van der Waals surface area contributed by atoms with E-state index < -0.39 is 15.9 Å². The number of sulfonamides is 1. The van der Waals surface area contributed by atoms with Crippen LogP contribution in [0.4, 0.5) is 5.69 Å². The van der Waals surface area contributed by atoms with Gasteiger partial charge in [0, 0.05) is 10.7 Å². The molecule has 0 spiro atoms. The quantitative estimate of drug-likeness (QED) is 0.891. The number of nitrogens with two attached hydrogens (primary N) is 1. The molecule has 2 rings (SSSR count). The fraction of sp³-hybridized carbons (Fsp3) is 0.0714. The van der Waals surface area contributed by atoms with Crippen LogP contribution in [0.3, 0.4) is 0 Å². The van der Waals surface area contributed by atoms with E-state index in [1.165, 1.54) is 31.4 Å². The van der Waals surface area contributed by atoms with E-state index >= 15 is 0 Å². The second-order valence-electron chi connectivity index (χ2n) is 4.37. The summed E-state index contributed by atoms with van der Waals surface area (Å²) in [7, 11) is -2.41. The molecule has 0 unspecified atom stereocenters. The first-order chi connectivity index (χ1) is 10.3. The van der Waals surface area contributed by atoms with Crippen molar-refractivity contribution in [2.45, 2.75) is 4.90 Å². The summed E-state index contributed by atoms with van der Waals surface area (Å²) in [4.78, 5) is 12.2. The maximum absolute atomic E-state index is 12.3.